The molecular formula is C11H15NO3S. The Kier molecular flexibility index (Phi) is 3.16. The molecule has 2 rings (SSSR count). The number of nitrogens with zero attached hydrogens (tertiary/aromatic N) is 1. The first kappa shape index (κ1) is 11.4. The van der Waals surface area contributed by atoms with Crippen molar-refractivity contribution >= 4 is 17.5 Å². The largest absolute Gasteiger partial charge is 0.512 e. The third kappa shape index (κ3) is 2.36. The second kappa shape index (κ2) is 4.43. The zero-order chi connectivity index (χ0) is 11.7. The summed E-state index contributed by atoms with van der Waals surface area (Å²) in [5.41, 5.74) is 1.23. The Morgan fingerprint density at radius 1 is 1.69 bits per heavy atom. The molecule has 0 saturated heterocycles. The highest BCUT2D eigenvalue weighted by Crippen LogP contribution is 2.36. The van der Waals surface area contributed by atoms with Gasteiger partial charge in [-0.2, -0.15) is 0 Å². The van der Waals surface area contributed by atoms with E-state index in [1.165, 1.54) is 21.8 Å². The van der Waals surface area contributed by atoms with Crippen molar-refractivity contribution in [1.82, 2.24) is 4.90 Å². The third-order valence-corrected chi connectivity index (χ3v) is 4.09. The highest BCUT2D eigenvalue weighted by atomic mass is 32.1. The van der Waals surface area contributed by atoms with Crippen LogP contribution in [0.4, 0.5) is 4.79 Å². The topological polar surface area (TPSA) is 49.8 Å². The molecule has 0 fully saturated rings. The van der Waals surface area contributed by atoms with Gasteiger partial charge < -0.3 is 14.7 Å². The van der Waals surface area contributed by atoms with Crippen molar-refractivity contribution in [2.45, 2.75) is 19.3 Å². The van der Waals surface area contributed by atoms with Gasteiger partial charge in [0.15, 0.2) is 5.06 Å². The lowest BCUT2D eigenvalue weighted by molar-refractivity contribution is 0.146. The van der Waals surface area contributed by atoms with Crippen LogP contribution in [0.1, 0.15) is 23.3 Å². The molecule has 16 heavy (non-hydrogen) atoms. The Labute approximate surface area is 98.4 Å². The Morgan fingerprint density at radius 2 is 2.44 bits per heavy atom. The Hall–Kier alpha value is -1.07. The first-order valence-corrected chi connectivity index (χ1v) is 6.10. The van der Waals surface area contributed by atoms with Gasteiger partial charge in [-0.1, -0.05) is 6.92 Å². The van der Waals surface area contributed by atoms with Crippen LogP contribution in [0.2, 0.25) is 0 Å². The van der Waals surface area contributed by atoms with Gasteiger partial charge in [-0.3, -0.25) is 0 Å². The number of carboxylic acid groups (broad SMARTS) is 1. The van der Waals surface area contributed by atoms with Crippen LogP contribution in [0.3, 0.4) is 0 Å². The van der Waals surface area contributed by atoms with E-state index in [4.69, 9.17) is 9.84 Å². The molecule has 1 aromatic heterocycles. The average Bonchev–Trinajstić information content (AvgIpc) is 2.51. The van der Waals surface area contributed by atoms with E-state index >= 15 is 0 Å². The summed E-state index contributed by atoms with van der Waals surface area (Å²) in [6.07, 6.45) is -0.267. The SMILES string of the molecule is CC1CN(C)CCc2cc(OC(=O)O)sc21. The van der Waals surface area contributed by atoms with Gasteiger partial charge in [-0.05, 0) is 25.1 Å². The van der Waals surface area contributed by atoms with Gasteiger partial charge in [-0.15, -0.1) is 11.3 Å². The molecule has 0 aromatic carbocycles. The molecule has 0 aliphatic carbocycles. The van der Waals surface area contributed by atoms with E-state index in [-0.39, 0.29) is 0 Å². The molecule has 88 valence electrons. The molecular weight excluding hydrogens is 226 g/mol. The molecule has 1 unspecified atom stereocenters. The van der Waals surface area contributed by atoms with Crippen molar-refractivity contribution in [3.8, 4) is 5.06 Å². The summed E-state index contributed by atoms with van der Waals surface area (Å²) in [4.78, 5) is 14.0. The highest BCUT2D eigenvalue weighted by molar-refractivity contribution is 7.14. The molecule has 1 N–H and O–H groups in total. The molecule has 2 heterocycles. The number of rotatable bonds is 1. The van der Waals surface area contributed by atoms with Crippen LogP contribution in [0.15, 0.2) is 6.07 Å². The van der Waals surface area contributed by atoms with Gasteiger partial charge in [0, 0.05) is 23.9 Å². The van der Waals surface area contributed by atoms with Crippen molar-refractivity contribution in [3.63, 3.8) is 0 Å². The van der Waals surface area contributed by atoms with E-state index in [2.05, 4.69) is 18.9 Å². The maximum atomic E-state index is 10.5. The van der Waals surface area contributed by atoms with Crippen molar-refractivity contribution in [2.75, 3.05) is 20.1 Å². The molecule has 1 aliphatic heterocycles. The summed E-state index contributed by atoms with van der Waals surface area (Å²) in [7, 11) is 2.11. The predicted octanol–water partition coefficient (Wildman–Crippen LogP) is 2.40. The summed E-state index contributed by atoms with van der Waals surface area (Å²) >= 11 is 1.46. The van der Waals surface area contributed by atoms with E-state index in [0.717, 1.165) is 19.5 Å². The second-order valence-electron chi connectivity index (χ2n) is 4.24. The van der Waals surface area contributed by atoms with Gasteiger partial charge >= 0.3 is 6.16 Å². The van der Waals surface area contributed by atoms with Gasteiger partial charge in [0.1, 0.15) is 0 Å². The van der Waals surface area contributed by atoms with Crippen LogP contribution in [0, 0.1) is 0 Å². The van der Waals surface area contributed by atoms with Crippen LogP contribution < -0.4 is 4.74 Å². The number of ether oxygens (including phenoxy) is 1. The van der Waals surface area contributed by atoms with Gasteiger partial charge in [0.25, 0.3) is 0 Å². The van der Waals surface area contributed by atoms with Gasteiger partial charge in [0.2, 0.25) is 0 Å². The van der Waals surface area contributed by atoms with Gasteiger partial charge in [-0.25, -0.2) is 4.79 Å². The number of hydrogen-bond donors (Lipinski definition) is 1. The summed E-state index contributed by atoms with van der Waals surface area (Å²) in [5.74, 6) is 0.443. The monoisotopic (exact) mass is 241 g/mol. The minimum Gasteiger partial charge on any atom is -0.449 e. The molecule has 1 aromatic rings. The smallest absolute Gasteiger partial charge is 0.449 e. The fourth-order valence-corrected chi connectivity index (χ4v) is 3.22. The molecule has 0 spiro atoms. The van der Waals surface area contributed by atoms with Crippen molar-refractivity contribution < 1.29 is 14.6 Å². The number of carbonyl (C=O) groups is 1. The molecule has 1 atom stereocenters. The molecule has 1 aliphatic rings. The summed E-state index contributed by atoms with van der Waals surface area (Å²) in [6.45, 7) is 4.20. The first-order chi connectivity index (χ1) is 7.56. The highest BCUT2D eigenvalue weighted by Gasteiger charge is 2.21. The zero-order valence-electron chi connectivity index (χ0n) is 9.40. The Bertz CT molecular complexity index is 402. The Morgan fingerprint density at radius 3 is 3.12 bits per heavy atom. The maximum Gasteiger partial charge on any atom is 0.512 e. The standard InChI is InChI=1S/C11H15NO3S/c1-7-6-12(2)4-3-8-5-9(15-11(13)14)16-10(7)8/h5,7H,3-4,6H2,1-2H3,(H,13,14). The molecule has 0 radical (unpaired) electrons. The molecule has 0 amide bonds. The summed E-state index contributed by atoms with van der Waals surface area (Å²) in [6, 6.07) is 1.86. The van der Waals surface area contributed by atoms with Crippen LogP contribution >= 0.6 is 11.3 Å². The lowest BCUT2D eigenvalue weighted by Gasteiger charge is -2.16. The molecule has 0 bridgehead atoms. The molecule has 5 heteroatoms. The van der Waals surface area contributed by atoms with E-state index in [1.54, 1.807) is 0 Å². The number of hydrogen-bond acceptors (Lipinski definition) is 4. The van der Waals surface area contributed by atoms with E-state index in [9.17, 15) is 4.79 Å². The molecule has 0 saturated carbocycles. The third-order valence-electron chi connectivity index (χ3n) is 2.80. The van der Waals surface area contributed by atoms with E-state index in [1.807, 2.05) is 6.07 Å². The van der Waals surface area contributed by atoms with Crippen LogP contribution in [0.25, 0.3) is 0 Å². The minimum atomic E-state index is -1.24. The van der Waals surface area contributed by atoms with Crippen LogP contribution in [0.5, 0.6) is 5.06 Å². The minimum absolute atomic E-state index is 0.443. The van der Waals surface area contributed by atoms with Crippen LogP contribution in [-0.4, -0.2) is 36.3 Å². The van der Waals surface area contributed by atoms with E-state index < -0.39 is 6.16 Å². The molecule has 4 nitrogen and oxygen atoms in total. The number of likely N-dealkylation sites (N-methyl/N-ethyl adjacent to an activating group) is 1. The van der Waals surface area contributed by atoms with Crippen molar-refractivity contribution in [3.05, 3.63) is 16.5 Å². The first-order valence-electron chi connectivity index (χ1n) is 5.28. The van der Waals surface area contributed by atoms with E-state index in [0.29, 0.717) is 11.0 Å². The van der Waals surface area contributed by atoms with Crippen molar-refractivity contribution in [2.24, 2.45) is 0 Å². The fraction of sp³-hybridized carbons (Fsp3) is 0.545. The lowest BCUT2D eigenvalue weighted by Crippen LogP contribution is -2.22. The summed E-state index contributed by atoms with van der Waals surface area (Å²) in [5, 5.41) is 9.06. The lowest BCUT2D eigenvalue weighted by atomic mass is 10.1. The Balaban J connectivity index is 2.24. The van der Waals surface area contributed by atoms with Gasteiger partial charge in [0.05, 0.1) is 0 Å². The second-order valence-corrected chi connectivity index (χ2v) is 5.28. The quantitative estimate of drug-likeness (QED) is 0.767. The normalized spacial score (nSPS) is 21.2. The van der Waals surface area contributed by atoms with Crippen molar-refractivity contribution in [1.29, 1.82) is 0 Å². The number of fused-ring (bicyclic) bond motifs is 1. The van der Waals surface area contributed by atoms with Crippen LogP contribution in [-0.2, 0) is 6.42 Å². The number of thiophene rings is 1. The zero-order valence-corrected chi connectivity index (χ0v) is 10.2. The summed E-state index contributed by atoms with van der Waals surface area (Å²) < 4.78 is 4.70. The predicted molar refractivity (Wildman–Crippen MR) is 62.6 cm³/mol. The maximum absolute atomic E-state index is 10.5. The fourth-order valence-electron chi connectivity index (χ4n) is 2.12. The average molecular weight is 241 g/mol.